The third-order valence-electron chi connectivity index (χ3n) is 2.94. The lowest BCUT2D eigenvalue weighted by Gasteiger charge is -2.27. The fourth-order valence-corrected chi connectivity index (χ4v) is 2.35. The van der Waals surface area contributed by atoms with Crippen molar-refractivity contribution in [1.82, 2.24) is 0 Å². The number of halogens is 1. The van der Waals surface area contributed by atoms with Crippen LogP contribution < -0.4 is 5.32 Å². The second-order valence-electron chi connectivity index (χ2n) is 4.21. The zero-order valence-corrected chi connectivity index (χ0v) is 11.8. The molecule has 1 aromatic rings. The fourth-order valence-electron chi connectivity index (χ4n) is 1.97. The van der Waals surface area contributed by atoms with Crippen LogP contribution in [0.25, 0.3) is 0 Å². The third-order valence-corrected chi connectivity index (χ3v) is 3.63. The third kappa shape index (κ3) is 2.67. The Hall–Kier alpha value is -1.07. The molecule has 0 saturated carbocycles. The number of carbonyl (C=O) groups excluding carboxylic acids is 1. The van der Waals surface area contributed by atoms with E-state index in [2.05, 4.69) is 21.2 Å². The molecule has 0 aliphatic carbocycles. The minimum absolute atomic E-state index is 0.252. The second kappa shape index (κ2) is 5.71. The van der Waals surface area contributed by atoms with Crippen LogP contribution in [0.3, 0.4) is 0 Å². The van der Waals surface area contributed by atoms with Crippen molar-refractivity contribution in [3.05, 3.63) is 28.7 Å². The standard InChI is InChI=1S/C13H16BrNO3/c1-2-18-12(16)13(7-8-17-9-13)15-11-6-4-3-5-10(11)14/h3-6,15H,2,7-9H2,1H3. The lowest BCUT2D eigenvalue weighted by Crippen LogP contribution is -2.48. The highest BCUT2D eigenvalue weighted by molar-refractivity contribution is 9.10. The first kappa shape index (κ1) is 13.4. The first-order chi connectivity index (χ1) is 8.68. The van der Waals surface area contributed by atoms with Crippen molar-refractivity contribution in [2.75, 3.05) is 25.1 Å². The highest BCUT2D eigenvalue weighted by Gasteiger charge is 2.44. The van der Waals surface area contributed by atoms with Crippen molar-refractivity contribution in [2.45, 2.75) is 18.9 Å². The van der Waals surface area contributed by atoms with E-state index in [1.54, 1.807) is 6.92 Å². The molecule has 2 rings (SSSR count). The van der Waals surface area contributed by atoms with Gasteiger partial charge in [0.1, 0.15) is 0 Å². The van der Waals surface area contributed by atoms with Gasteiger partial charge in [0, 0.05) is 23.2 Å². The normalized spacial score (nSPS) is 22.8. The lowest BCUT2D eigenvalue weighted by molar-refractivity contribution is -0.148. The number of ether oxygens (including phenoxy) is 2. The maximum atomic E-state index is 12.1. The van der Waals surface area contributed by atoms with Crippen molar-refractivity contribution < 1.29 is 14.3 Å². The molecule has 0 amide bonds. The van der Waals surface area contributed by atoms with Crippen molar-refractivity contribution in [1.29, 1.82) is 0 Å². The van der Waals surface area contributed by atoms with Gasteiger partial charge in [-0.2, -0.15) is 0 Å². The van der Waals surface area contributed by atoms with Gasteiger partial charge in [-0.15, -0.1) is 0 Å². The van der Waals surface area contributed by atoms with E-state index in [0.717, 1.165) is 10.2 Å². The quantitative estimate of drug-likeness (QED) is 0.868. The van der Waals surface area contributed by atoms with Gasteiger partial charge in [0.2, 0.25) is 0 Å². The van der Waals surface area contributed by atoms with Crippen molar-refractivity contribution in [3.63, 3.8) is 0 Å². The molecule has 0 radical (unpaired) electrons. The van der Waals surface area contributed by atoms with Gasteiger partial charge in [0.05, 0.1) is 13.2 Å². The number of carbonyl (C=O) groups is 1. The molecule has 1 aliphatic heterocycles. The summed E-state index contributed by atoms with van der Waals surface area (Å²) in [6.45, 7) is 3.08. The maximum Gasteiger partial charge on any atom is 0.334 e. The molecule has 0 bridgehead atoms. The van der Waals surface area contributed by atoms with Crippen LogP contribution in [0.15, 0.2) is 28.7 Å². The average molecular weight is 314 g/mol. The van der Waals surface area contributed by atoms with Crippen molar-refractivity contribution in [2.24, 2.45) is 0 Å². The van der Waals surface area contributed by atoms with Gasteiger partial charge in [-0.1, -0.05) is 12.1 Å². The molecule has 0 aromatic heterocycles. The molecule has 1 atom stereocenters. The Morgan fingerprint density at radius 3 is 2.94 bits per heavy atom. The predicted octanol–water partition coefficient (Wildman–Crippen LogP) is 2.58. The van der Waals surface area contributed by atoms with Gasteiger partial charge in [0.25, 0.3) is 0 Å². The van der Waals surface area contributed by atoms with Gasteiger partial charge in [-0.3, -0.25) is 0 Å². The van der Waals surface area contributed by atoms with Gasteiger partial charge in [0.15, 0.2) is 5.54 Å². The molecule has 1 aliphatic rings. The Balaban J connectivity index is 2.21. The number of hydrogen-bond acceptors (Lipinski definition) is 4. The molecular weight excluding hydrogens is 298 g/mol. The molecule has 1 fully saturated rings. The molecule has 1 unspecified atom stereocenters. The summed E-state index contributed by atoms with van der Waals surface area (Å²) in [6.07, 6.45) is 0.618. The topological polar surface area (TPSA) is 47.6 Å². The molecule has 18 heavy (non-hydrogen) atoms. The minimum Gasteiger partial charge on any atom is -0.464 e. The monoisotopic (exact) mass is 313 g/mol. The lowest BCUT2D eigenvalue weighted by atomic mass is 9.98. The number of esters is 1. The molecule has 1 heterocycles. The summed E-state index contributed by atoms with van der Waals surface area (Å²) in [4.78, 5) is 12.1. The SMILES string of the molecule is CCOC(=O)C1(Nc2ccccc2Br)CCOC1. The molecule has 1 aromatic carbocycles. The Morgan fingerprint density at radius 1 is 1.56 bits per heavy atom. The molecule has 1 N–H and O–H groups in total. The van der Waals surface area contributed by atoms with E-state index in [9.17, 15) is 4.79 Å². The van der Waals surface area contributed by atoms with E-state index in [0.29, 0.717) is 26.2 Å². The van der Waals surface area contributed by atoms with Gasteiger partial charge < -0.3 is 14.8 Å². The van der Waals surface area contributed by atoms with Gasteiger partial charge >= 0.3 is 5.97 Å². The van der Waals surface area contributed by atoms with E-state index in [-0.39, 0.29) is 5.97 Å². The van der Waals surface area contributed by atoms with Crippen LogP contribution in [0.4, 0.5) is 5.69 Å². The van der Waals surface area contributed by atoms with Crippen LogP contribution in [-0.4, -0.2) is 31.3 Å². The summed E-state index contributed by atoms with van der Waals surface area (Å²) >= 11 is 3.46. The first-order valence-electron chi connectivity index (χ1n) is 5.95. The summed E-state index contributed by atoms with van der Waals surface area (Å²) in [6, 6.07) is 7.69. The zero-order chi connectivity index (χ0) is 13.0. The average Bonchev–Trinajstić information content (AvgIpc) is 2.82. The smallest absolute Gasteiger partial charge is 0.334 e. The number of benzene rings is 1. The Bertz CT molecular complexity index is 430. The summed E-state index contributed by atoms with van der Waals surface area (Å²) in [5, 5.41) is 3.26. The van der Waals surface area contributed by atoms with Crippen LogP contribution in [0.5, 0.6) is 0 Å². The Morgan fingerprint density at radius 2 is 2.33 bits per heavy atom. The van der Waals surface area contributed by atoms with Crippen LogP contribution in [-0.2, 0) is 14.3 Å². The van der Waals surface area contributed by atoms with Crippen LogP contribution in [0, 0.1) is 0 Å². The number of para-hydroxylation sites is 1. The minimum atomic E-state index is -0.764. The predicted molar refractivity (Wildman–Crippen MR) is 72.6 cm³/mol. The van der Waals surface area contributed by atoms with Crippen LogP contribution in [0.1, 0.15) is 13.3 Å². The van der Waals surface area contributed by atoms with E-state index >= 15 is 0 Å². The van der Waals surface area contributed by atoms with E-state index in [4.69, 9.17) is 9.47 Å². The molecule has 0 spiro atoms. The number of rotatable bonds is 4. The van der Waals surface area contributed by atoms with Crippen LogP contribution >= 0.6 is 15.9 Å². The highest BCUT2D eigenvalue weighted by atomic mass is 79.9. The van der Waals surface area contributed by atoms with E-state index < -0.39 is 5.54 Å². The summed E-state index contributed by atoms with van der Waals surface area (Å²) < 4.78 is 11.4. The molecular formula is C13H16BrNO3. The fraction of sp³-hybridized carbons (Fsp3) is 0.462. The van der Waals surface area contributed by atoms with Gasteiger partial charge in [-0.05, 0) is 35.0 Å². The number of hydrogen-bond donors (Lipinski definition) is 1. The Labute approximate surface area is 115 Å². The molecule has 4 nitrogen and oxygen atoms in total. The first-order valence-corrected chi connectivity index (χ1v) is 6.75. The highest BCUT2D eigenvalue weighted by Crippen LogP contribution is 2.30. The van der Waals surface area contributed by atoms with Crippen LogP contribution in [0.2, 0.25) is 0 Å². The zero-order valence-electron chi connectivity index (χ0n) is 10.2. The molecule has 98 valence electrons. The summed E-state index contributed by atoms with van der Waals surface area (Å²) in [5.74, 6) is -0.252. The number of anilines is 1. The largest absolute Gasteiger partial charge is 0.464 e. The molecule has 1 saturated heterocycles. The maximum absolute atomic E-state index is 12.1. The summed E-state index contributed by atoms with van der Waals surface area (Å²) in [7, 11) is 0. The Kier molecular flexibility index (Phi) is 4.24. The van der Waals surface area contributed by atoms with Crippen molar-refractivity contribution >= 4 is 27.6 Å². The van der Waals surface area contributed by atoms with Gasteiger partial charge in [-0.25, -0.2) is 4.79 Å². The second-order valence-corrected chi connectivity index (χ2v) is 5.06. The molecule has 5 heteroatoms. The van der Waals surface area contributed by atoms with E-state index in [1.807, 2.05) is 24.3 Å². The van der Waals surface area contributed by atoms with Crippen molar-refractivity contribution in [3.8, 4) is 0 Å². The summed E-state index contributed by atoms with van der Waals surface area (Å²) in [5.41, 5.74) is 0.107. The van der Waals surface area contributed by atoms with E-state index in [1.165, 1.54) is 0 Å². The number of nitrogens with one attached hydrogen (secondary N) is 1.